The number of fused-ring (bicyclic) bond motifs is 2. The minimum absolute atomic E-state index is 0.128. The summed E-state index contributed by atoms with van der Waals surface area (Å²) in [6.45, 7) is 3.90. The van der Waals surface area contributed by atoms with Crippen molar-refractivity contribution in [1.29, 1.82) is 0 Å². The Bertz CT molecular complexity index is 364. The average Bonchev–Trinajstić information content (AvgIpc) is 2.74. The molecule has 0 amide bonds. The molecule has 2 aliphatic rings. The Hall–Kier alpha value is -1.72. The second-order valence-corrected chi connectivity index (χ2v) is 4.31. The van der Waals surface area contributed by atoms with E-state index >= 15 is 0 Å². The van der Waals surface area contributed by atoms with Gasteiger partial charge in [-0.1, -0.05) is 13.3 Å². The normalized spacial score (nSPS) is 33.2. The van der Waals surface area contributed by atoms with E-state index in [0.29, 0.717) is 12.8 Å². The molecule has 100 valence electrons. The monoisotopic (exact) mass is 256 g/mol. The predicted octanol–water partition coefficient (Wildman–Crippen LogP) is 0.336. The maximum Gasteiger partial charge on any atom is 0.317 e. The third-order valence-corrected chi connectivity index (χ3v) is 3.67. The van der Waals surface area contributed by atoms with Crippen LogP contribution in [0.5, 0.6) is 0 Å². The maximum atomic E-state index is 11.6. The van der Waals surface area contributed by atoms with E-state index in [1.807, 2.05) is 13.7 Å². The van der Waals surface area contributed by atoms with Gasteiger partial charge < -0.3 is 14.3 Å². The summed E-state index contributed by atoms with van der Waals surface area (Å²) in [5.74, 6) is -2.94. The fraction of sp³-hybridized carbons (Fsp3) is 0.667. The van der Waals surface area contributed by atoms with Crippen molar-refractivity contribution in [2.75, 3.05) is 7.11 Å². The van der Waals surface area contributed by atoms with Gasteiger partial charge in [0.15, 0.2) is 0 Å². The van der Waals surface area contributed by atoms with E-state index < -0.39 is 29.7 Å². The van der Waals surface area contributed by atoms with Gasteiger partial charge in [0, 0.05) is 0 Å². The highest BCUT2D eigenvalue weighted by Crippen LogP contribution is 2.47. The van der Waals surface area contributed by atoms with Crippen molar-refractivity contribution in [2.24, 2.45) is 23.7 Å². The molecule has 4 atom stereocenters. The van der Waals surface area contributed by atoms with E-state index in [1.165, 1.54) is 7.11 Å². The molecule has 1 aliphatic carbocycles. The summed E-state index contributed by atoms with van der Waals surface area (Å²) in [6.07, 6.45) is 1.10. The lowest BCUT2D eigenvalue weighted by atomic mass is 9.86. The molecule has 0 N–H and O–H groups in total. The Balaban J connectivity index is 0.000000771. The zero-order valence-electron chi connectivity index (χ0n) is 10.4. The van der Waals surface area contributed by atoms with Crippen LogP contribution in [0.25, 0.3) is 0 Å². The van der Waals surface area contributed by atoms with Crippen LogP contribution in [0.3, 0.4) is 0 Å². The number of hydrogen-bond donors (Lipinski definition) is 0. The van der Waals surface area contributed by atoms with Gasteiger partial charge in [0.25, 0.3) is 0 Å². The van der Waals surface area contributed by atoms with Gasteiger partial charge in [-0.05, 0) is 12.3 Å². The van der Waals surface area contributed by atoms with Gasteiger partial charge in [0.1, 0.15) is 6.79 Å². The Morgan fingerprint density at radius 3 is 2.39 bits per heavy atom. The fourth-order valence-electron chi connectivity index (χ4n) is 2.92. The number of ether oxygens (including phenoxy) is 2. The van der Waals surface area contributed by atoms with E-state index in [4.69, 9.17) is 9.53 Å². The van der Waals surface area contributed by atoms with E-state index in [9.17, 15) is 14.4 Å². The molecule has 1 saturated carbocycles. The summed E-state index contributed by atoms with van der Waals surface area (Å²) in [7, 11) is 1.30. The molecule has 1 aliphatic heterocycles. The summed E-state index contributed by atoms with van der Waals surface area (Å²) in [6, 6.07) is 0. The number of esters is 3. The highest BCUT2D eigenvalue weighted by Gasteiger charge is 2.57. The SMILES string of the molecule is C=O.CCC1C2CC(C(=O)OC2=O)C1C(=O)OC. The summed E-state index contributed by atoms with van der Waals surface area (Å²) < 4.78 is 9.34. The van der Waals surface area contributed by atoms with Gasteiger partial charge in [0.05, 0.1) is 24.9 Å². The molecule has 0 aromatic rings. The maximum absolute atomic E-state index is 11.6. The van der Waals surface area contributed by atoms with Crippen LogP contribution in [0.2, 0.25) is 0 Å². The van der Waals surface area contributed by atoms with Crippen LogP contribution in [0.4, 0.5) is 0 Å². The van der Waals surface area contributed by atoms with Crippen molar-refractivity contribution in [3.8, 4) is 0 Å². The first-order valence-electron chi connectivity index (χ1n) is 5.72. The van der Waals surface area contributed by atoms with E-state index in [-0.39, 0.29) is 11.8 Å². The average molecular weight is 256 g/mol. The highest BCUT2D eigenvalue weighted by atomic mass is 16.6. The molecular weight excluding hydrogens is 240 g/mol. The van der Waals surface area contributed by atoms with Crippen molar-refractivity contribution >= 4 is 24.7 Å². The molecule has 0 spiro atoms. The number of cyclic esters (lactones) is 2. The second-order valence-electron chi connectivity index (χ2n) is 4.31. The first-order valence-corrected chi connectivity index (χ1v) is 5.72. The fourth-order valence-corrected chi connectivity index (χ4v) is 2.92. The lowest BCUT2D eigenvalue weighted by Crippen LogP contribution is -2.31. The molecule has 18 heavy (non-hydrogen) atoms. The van der Waals surface area contributed by atoms with Crippen LogP contribution in [0.1, 0.15) is 19.8 Å². The quantitative estimate of drug-likeness (QED) is 0.523. The molecule has 1 heterocycles. The third-order valence-electron chi connectivity index (χ3n) is 3.67. The topological polar surface area (TPSA) is 86.7 Å². The molecule has 4 unspecified atom stereocenters. The van der Waals surface area contributed by atoms with E-state index in [2.05, 4.69) is 4.74 Å². The van der Waals surface area contributed by atoms with Crippen LogP contribution in [0.15, 0.2) is 0 Å². The molecule has 2 fully saturated rings. The minimum Gasteiger partial charge on any atom is -0.469 e. The zero-order chi connectivity index (χ0) is 13.9. The molecule has 2 rings (SSSR count). The van der Waals surface area contributed by atoms with Crippen LogP contribution >= 0.6 is 0 Å². The van der Waals surface area contributed by atoms with Crippen LogP contribution in [-0.4, -0.2) is 31.8 Å². The minimum atomic E-state index is -0.576. The van der Waals surface area contributed by atoms with Crippen molar-refractivity contribution in [2.45, 2.75) is 19.8 Å². The molecule has 0 radical (unpaired) electrons. The van der Waals surface area contributed by atoms with Crippen LogP contribution in [-0.2, 0) is 28.7 Å². The molecule has 0 aromatic carbocycles. The highest BCUT2D eigenvalue weighted by molar-refractivity contribution is 5.95. The Morgan fingerprint density at radius 1 is 1.33 bits per heavy atom. The first-order chi connectivity index (χ1) is 8.60. The van der Waals surface area contributed by atoms with Gasteiger partial charge in [-0.15, -0.1) is 0 Å². The number of carbonyl (C=O) groups excluding carboxylic acids is 4. The molecule has 2 bridgehead atoms. The summed E-state index contributed by atoms with van der Waals surface area (Å²) in [5, 5.41) is 0. The van der Waals surface area contributed by atoms with Crippen molar-refractivity contribution in [1.82, 2.24) is 0 Å². The Labute approximate surface area is 105 Å². The number of rotatable bonds is 2. The Morgan fingerprint density at radius 2 is 1.89 bits per heavy atom. The summed E-state index contributed by atoms with van der Waals surface area (Å²) >= 11 is 0. The largest absolute Gasteiger partial charge is 0.469 e. The Kier molecular flexibility index (Phi) is 4.58. The number of hydrogen-bond acceptors (Lipinski definition) is 6. The molecule has 1 saturated heterocycles. The molecule has 0 aromatic heterocycles. The van der Waals surface area contributed by atoms with E-state index in [0.717, 1.165) is 0 Å². The number of methoxy groups -OCH3 is 1. The van der Waals surface area contributed by atoms with Crippen molar-refractivity contribution in [3.05, 3.63) is 0 Å². The van der Waals surface area contributed by atoms with Gasteiger partial charge in [-0.25, -0.2) is 0 Å². The lowest BCUT2D eigenvalue weighted by molar-refractivity contribution is -0.170. The second kappa shape index (κ2) is 5.75. The zero-order valence-corrected chi connectivity index (χ0v) is 10.4. The third kappa shape index (κ3) is 2.14. The van der Waals surface area contributed by atoms with Gasteiger partial charge >= 0.3 is 17.9 Å². The van der Waals surface area contributed by atoms with Crippen LogP contribution < -0.4 is 0 Å². The predicted molar refractivity (Wildman–Crippen MR) is 59.1 cm³/mol. The standard InChI is InChI=1S/C11H14O5.CH2O/c1-3-5-6-4-7(8(5)11(14)15-2)10(13)16-9(6)12;1-2/h5-8H,3-4H2,1-2H3;1H2. The first kappa shape index (κ1) is 14.3. The summed E-state index contributed by atoms with van der Waals surface area (Å²) in [5.41, 5.74) is 0. The van der Waals surface area contributed by atoms with Gasteiger partial charge in [-0.2, -0.15) is 0 Å². The van der Waals surface area contributed by atoms with Crippen LogP contribution in [0, 0.1) is 23.7 Å². The van der Waals surface area contributed by atoms with Crippen molar-refractivity contribution in [3.63, 3.8) is 0 Å². The summed E-state index contributed by atoms with van der Waals surface area (Å²) in [4.78, 5) is 42.6. The van der Waals surface area contributed by atoms with Gasteiger partial charge in [-0.3, -0.25) is 14.4 Å². The molecule has 6 heteroatoms. The smallest absolute Gasteiger partial charge is 0.317 e. The molecule has 6 nitrogen and oxygen atoms in total. The van der Waals surface area contributed by atoms with Crippen molar-refractivity contribution < 1.29 is 28.7 Å². The molecular formula is C12H16O6. The lowest BCUT2D eigenvalue weighted by Gasteiger charge is -2.18. The van der Waals surface area contributed by atoms with Gasteiger partial charge in [0.2, 0.25) is 0 Å². The number of carbonyl (C=O) groups is 4. The van der Waals surface area contributed by atoms with E-state index in [1.54, 1.807) is 0 Å².